The van der Waals surface area contributed by atoms with E-state index in [4.69, 9.17) is 9.47 Å². The Kier molecular flexibility index (Phi) is 8.72. The number of para-hydroxylation sites is 1. The second-order valence-corrected chi connectivity index (χ2v) is 10.5. The Balaban J connectivity index is 1.81. The number of hydrogen-bond donors (Lipinski definition) is 1. The Bertz CT molecular complexity index is 1480. The molecule has 1 heterocycles. The van der Waals surface area contributed by atoms with E-state index >= 15 is 0 Å². The molecule has 0 fully saturated rings. The Morgan fingerprint density at radius 1 is 1.00 bits per heavy atom. The average Bonchev–Trinajstić information content (AvgIpc) is 3.36. The summed E-state index contributed by atoms with van der Waals surface area (Å²) >= 11 is 0. The average molecular weight is 544 g/mol. The molecule has 0 radical (unpaired) electrons. The summed E-state index contributed by atoms with van der Waals surface area (Å²) < 4.78 is 12.6. The first-order valence-electron chi connectivity index (χ1n) is 13.3. The van der Waals surface area contributed by atoms with E-state index in [0.29, 0.717) is 29.0 Å². The molecule has 9 heteroatoms. The van der Waals surface area contributed by atoms with Gasteiger partial charge in [-0.1, -0.05) is 60.2 Å². The number of methoxy groups -OCH3 is 2. The number of benzene rings is 3. The van der Waals surface area contributed by atoms with Gasteiger partial charge in [0, 0.05) is 12.1 Å². The molecule has 1 N–H and O–H groups in total. The third-order valence-electron chi connectivity index (χ3n) is 7.13. The van der Waals surface area contributed by atoms with Crippen molar-refractivity contribution in [1.82, 2.24) is 25.2 Å². The van der Waals surface area contributed by atoms with Gasteiger partial charge in [-0.15, -0.1) is 5.10 Å². The Morgan fingerprint density at radius 2 is 1.70 bits per heavy atom. The smallest absolute Gasteiger partial charge is 0.247 e. The molecule has 210 valence electrons. The van der Waals surface area contributed by atoms with Crippen LogP contribution in [0, 0.1) is 6.92 Å². The van der Waals surface area contributed by atoms with Gasteiger partial charge in [0.25, 0.3) is 0 Å². The van der Waals surface area contributed by atoms with Gasteiger partial charge in [0.2, 0.25) is 11.8 Å². The van der Waals surface area contributed by atoms with Crippen LogP contribution in [0.5, 0.6) is 11.5 Å². The summed E-state index contributed by atoms with van der Waals surface area (Å²) in [5, 5.41) is 11.6. The van der Waals surface area contributed by atoms with Gasteiger partial charge in [0.1, 0.15) is 18.1 Å². The minimum atomic E-state index is -0.950. The molecular formula is C31H37N5O4. The number of amides is 2. The molecule has 4 rings (SSSR count). The number of fused-ring (bicyclic) bond motifs is 1. The van der Waals surface area contributed by atoms with Crippen molar-refractivity contribution in [3.63, 3.8) is 0 Å². The highest BCUT2D eigenvalue weighted by molar-refractivity contribution is 5.89. The number of nitrogens with zero attached hydrogens (tertiary/aromatic N) is 4. The van der Waals surface area contributed by atoms with Gasteiger partial charge in [-0.05, 0) is 62.6 Å². The standard InChI is InChI=1S/C31H37N5O4/c1-7-31(3,4)32-30(38)29(23-16-17-26(39-5)27(18-23)40-6)35(19-22-14-12-21(2)13-15-22)28(37)20-36-25-11-9-8-10-24(25)33-34-36/h8-18,29H,7,19-20H2,1-6H3,(H,32,38)/t29-/m0/s1. The molecule has 0 aliphatic rings. The lowest BCUT2D eigenvalue weighted by Crippen LogP contribution is -2.50. The second kappa shape index (κ2) is 12.2. The maximum atomic E-state index is 14.2. The fraction of sp³-hybridized carbons (Fsp3) is 0.355. The highest BCUT2D eigenvalue weighted by Crippen LogP contribution is 2.33. The molecular weight excluding hydrogens is 506 g/mol. The summed E-state index contributed by atoms with van der Waals surface area (Å²) in [6.45, 7) is 8.08. The van der Waals surface area contributed by atoms with Crippen molar-refractivity contribution < 1.29 is 19.1 Å². The number of carbonyl (C=O) groups excluding carboxylic acids is 2. The third-order valence-corrected chi connectivity index (χ3v) is 7.13. The fourth-order valence-electron chi connectivity index (χ4n) is 4.45. The van der Waals surface area contributed by atoms with E-state index < -0.39 is 11.6 Å². The number of aryl methyl sites for hydroxylation is 1. The molecule has 0 aliphatic carbocycles. The van der Waals surface area contributed by atoms with E-state index in [2.05, 4.69) is 15.6 Å². The van der Waals surface area contributed by atoms with Crippen LogP contribution in [0.2, 0.25) is 0 Å². The van der Waals surface area contributed by atoms with Crippen molar-refractivity contribution in [2.75, 3.05) is 14.2 Å². The van der Waals surface area contributed by atoms with Crippen LogP contribution < -0.4 is 14.8 Å². The molecule has 0 saturated heterocycles. The summed E-state index contributed by atoms with van der Waals surface area (Å²) in [5.74, 6) is 0.436. The van der Waals surface area contributed by atoms with Crippen LogP contribution in [0.3, 0.4) is 0 Å². The maximum absolute atomic E-state index is 14.2. The highest BCUT2D eigenvalue weighted by atomic mass is 16.5. The number of hydrogen-bond acceptors (Lipinski definition) is 6. The van der Waals surface area contributed by atoms with Gasteiger partial charge in [0.05, 0.1) is 19.7 Å². The van der Waals surface area contributed by atoms with Crippen molar-refractivity contribution in [2.24, 2.45) is 0 Å². The normalized spacial score (nSPS) is 12.2. The molecule has 0 aliphatic heterocycles. The summed E-state index contributed by atoms with van der Waals surface area (Å²) in [6.07, 6.45) is 0.717. The van der Waals surface area contributed by atoms with E-state index in [1.54, 1.807) is 42.0 Å². The first-order chi connectivity index (χ1) is 19.2. The molecule has 4 aromatic rings. The van der Waals surface area contributed by atoms with Gasteiger partial charge >= 0.3 is 0 Å². The van der Waals surface area contributed by atoms with Crippen LogP contribution in [0.1, 0.15) is 49.9 Å². The first kappa shape index (κ1) is 28.6. The maximum Gasteiger partial charge on any atom is 0.247 e. The van der Waals surface area contributed by atoms with Crippen molar-refractivity contribution >= 4 is 22.8 Å². The van der Waals surface area contributed by atoms with Gasteiger partial charge < -0.3 is 19.7 Å². The quantitative estimate of drug-likeness (QED) is 0.291. The molecule has 0 bridgehead atoms. The summed E-state index contributed by atoms with van der Waals surface area (Å²) in [7, 11) is 3.10. The second-order valence-electron chi connectivity index (χ2n) is 10.5. The lowest BCUT2D eigenvalue weighted by atomic mass is 9.97. The highest BCUT2D eigenvalue weighted by Gasteiger charge is 2.35. The monoisotopic (exact) mass is 543 g/mol. The van der Waals surface area contributed by atoms with E-state index in [0.717, 1.165) is 16.6 Å². The number of aromatic nitrogens is 3. The van der Waals surface area contributed by atoms with Gasteiger partial charge in [-0.25, -0.2) is 4.68 Å². The number of nitrogens with one attached hydrogen (secondary N) is 1. The fourth-order valence-corrected chi connectivity index (χ4v) is 4.45. The molecule has 3 aromatic carbocycles. The van der Waals surface area contributed by atoms with Crippen molar-refractivity contribution in [1.29, 1.82) is 0 Å². The zero-order valence-electron chi connectivity index (χ0n) is 24.0. The number of carbonyl (C=O) groups is 2. The van der Waals surface area contributed by atoms with Gasteiger partial charge in [-0.2, -0.15) is 0 Å². The number of ether oxygens (including phenoxy) is 2. The lowest BCUT2D eigenvalue weighted by molar-refractivity contribution is -0.143. The summed E-state index contributed by atoms with van der Waals surface area (Å²) in [4.78, 5) is 29.8. The van der Waals surface area contributed by atoms with Crippen LogP contribution in [-0.4, -0.2) is 51.5 Å². The topological polar surface area (TPSA) is 98.6 Å². The minimum Gasteiger partial charge on any atom is -0.493 e. The zero-order chi connectivity index (χ0) is 28.9. The SMILES string of the molecule is CCC(C)(C)NC(=O)[C@H](c1ccc(OC)c(OC)c1)N(Cc1ccc(C)cc1)C(=O)Cn1nnc2ccccc21. The zero-order valence-corrected chi connectivity index (χ0v) is 24.0. The van der Waals surface area contributed by atoms with Gasteiger partial charge in [-0.3, -0.25) is 9.59 Å². The number of rotatable bonds is 11. The third kappa shape index (κ3) is 6.42. The predicted molar refractivity (Wildman–Crippen MR) is 154 cm³/mol. The van der Waals surface area contributed by atoms with Crippen LogP contribution >= 0.6 is 0 Å². The van der Waals surface area contributed by atoms with Crippen molar-refractivity contribution in [3.8, 4) is 11.5 Å². The van der Waals surface area contributed by atoms with Crippen LogP contribution in [0.15, 0.2) is 66.7 Å². The molecule has 1 aromatic heterocycles. The van der Waals surface area contributed by atoms with E-state index in [-0.39, 0.29) is 24.9 Å². The van der Waals surface area contributed by atoms with E-state index in [9.17, 15) is 9.59 Å². The van der Waals surface area contributed by atoms with Crippen LogP contribution in [0.25, 0.3) is 11.0 Å². The summed E-state index contributed by atoms with van der Waals surface area (Å²) in [5.41, 5.74) is 3.56. The molecule has 0 unspecified atom stereocenters. The molecule has 9 nitrogen and oxygen atoms in total. The predicted octanol–water partition coefficient (Wildman–Crippen LogP) is 4.83. The van der Waals surface area contributed by atoms with Crippen LogP contribution in [-0.2, 0) is 22.7 Å². The van der Waals surface area contributed by atoms with Crippen molar-refractivity contribution in [2.45, 2.75) is 58.8 Å². The molecule has 0 saturated carbocycles. The molecule has 2 amide bonds. The first-order valence-corrected chi connectivity index (χ1v) is 13.3. The van der Waals surface area contributed by atoms with Gasteiger partial charge in [0.15, 0.2) is 11.5 Å². The van der Waals surface area contributed by atoms with E-state index in [1.807, 2.05) is 76.2 Å². The molecule has 0 spiro atoms. The van der Waals surface area contributed by atoms with E-state index in [1.165, 1.54) is 0 Å². The Labute approximate surface area is 235 Å². The lowest BCUT2D eigenvalue weighted by Gasteiger charge is -2.35. The largest absolute Gasteiger partial charge is 0.493 e. The Morgan fingerprint density at radius 3 is 2.38 bits per heavy atom. The van der Waals surface area contributed by atoms with Crippen LogP contribution in [0.4, 0.5) is 0 Å². The van der Waals surface area contributed by atoms with Crippen molar-refractivity contribution in [3.05, 3.63) is 83.4 Å². The minimum absolute atomic E-state index is 0.0827. The molecule has 1 atom stereocenters. The summed E-state index contributed by atoms with van der Waals surface area (Å²) in [6, 6.07) is 19.8. The Hall–Kier alpha value is -4.40. The molecule has 40 heavy (non-hydrogen) atoms.